The van der Waals surface area contributed by atoms with E-state index in [1.54, 1.807) is 24.3 Å². The summed E-state index contributed by atoms with van der Waals surface area (Å²) in [4.78, 5) is 35.2. The third-order valence-electron chi connectivity index (χ3n) is 3.64. The Hall–Kier alpha value is -3.48. The van der Waals surface area contributed by atoms with Crippen LogP contribution >= 0.6 is 0 Å². The number of anilines is 1. The molecule has 7 nitrogen and oxygen atoms in total. The van der Waals surface area contributed by atoms with Crippen LogP contribution in [0, 0.1) is 13.8 Å². The zero-order valence-electron chi connectivity index (χ0n) is 14.7. The summed E-state index contributed by atoms with van der Waals surface area (Å²) in [7, 11) is 1.30. The zero-order valence-corrected chi connectivity index (χ0v) is 14.7. The second kappa shape index (κ2) is 8.57. The lowest BCUT2D eigenvalue weighted by atomic mass is 10.1. The summed E-state index contributed by atoms with van der Waals surface area (Å²) in [6.07, 6.45) is 1.37. The van der Waals surface area contributed by atoms with E-state index in [1.165, 1.54) is 13.3 Å². The lowest BCUT2D eigenvalue weighted by Crippen LogP contribution is -2.32. The molecule has 0 unspecified atom stereocenters. The zero-order chi connectivity index (χ0) is 19.1. The van der Waals surface area contributed by atoms with E-state index in [4.69, 9.17) is 0 Å². The number of nitrogens with zero attached hydrogens (tertiary/aromatic N) is 1. The summed E-state index contributed by atoms with van der Waals surface area (Å²) in [5, 5.41) is 6.32. The second-order valence-corrected chi connectivity index (χ2v) is 5.53. The van der Waals surface area contributed by atoms with Gasteiger partial charge in [0, 0.05) is 5.69 Å². The molecular weight excluding hydrogens is 334 g/mol. The topological polar surface area (TPSA) is 96.9 Å². The van der Waals surface area contributed by atoms with Gasteiger partial charge in [-0.3, -0.25) is 9.59 Å². The van der Waals surface area contributed by atoms with Crippen molar-refractivity contribution in [3.8, 4) is 0 Å². The summed E-state index contributed by atoms with van der Waals surface area (Å²) in [5.41, 5.74) is 5.55. The number of carbonyl (C=O) groups excluding carboxylic acids is 3. The average Bonchev–Trinajstić information content (AvgIpc) is 2.64. The van der Waals surface area contributed by atoms with E-state index in [0.29, 0.717) is 16.8 Å². The van der Waals surface area contributed by atoms with E-state index in [2.05, 4.69) is 20.6 Å². The lowest BCUT2D eigenvalue weighted by Gasteiger charge is -2.10. The molecule has 0 radical (unpaired) electrons. The number of esters is 1. The van der Waals surface area contributed by atoms with Gasteiger partial charge in [0.05, 0.1) is 18.9 Å². The minimum Gasteiger partial charge on any atom is -0.465 e. The maximum absolute atomic E-state index is 12.0. The molecule has 2 aromatic rings. The molecule has 0 fully saturated rings. The maximum Gasteiger partial charge on any atom is 0.337 e. The first-order valence-electron chi connectivity index (χ1n) is 7.81. The molecule has 0 bridgehead atoms. The molecular formula is C19H19N3O4. The number of para-hydroxylation sites is 1. The fourth-order valence-corrected chi connectivity index (χ4v) is 2.22. The van der Waals surface area contributed by atoms with E-state index in [-0.39, 0.29) is 0 Å². The highest BCUT2D eigenvalue weighted by Crippen LogP contribution is 2.19. The van der Waals surface area contributed by atoms with Crippen LogP contribution in [0.3, 0.4) is 0 Å². The standard InChI is InChI=1S/C19H19N3O4/c1-12-5-4-6-13(2)16(12)21-17(23)18(24)22-20-11-14-7-9-15(10-8-14)19(25)26-3/h4-11H,1-3H3,(H,21,23)(H,22,24). The first kappa shape index (κ1) is 18.9. The Balaban J connectivity index is 1.94. The Morgan fingerprint density at radius 1 is 0.962 bits per heavy atom. The lowest BCUT2D eigenvalue weighted by molar-refractivity contribution is -0.136. The molecule has 2 rings (SSSR count). The SMILES string of the molecule is COC(=O)c1ccc(C=NNC(=O)C(=O)Nc2c(C)cccc2C)cc1. The van der Waals surface area contributed by atoms with Crippen LogP contribution in [-0.2, 0) is 14.3 Å². The summed E-state index contributed by atoms with van der Waals surface area (Å²) in [6, 6.07) is 12.0. The average molecular weight is 353 g/mol. The summed E-state index contributed by atoms with van der Waals surface area (Å²) < 4.78 is 4.61. The van der Waals surface area contributed by atoms with Crippen molar-refractivity contribution in [2.24, 2.45) is 5.10 Å². The van der Waals surface area contributed by atoms with E-state index < -0.39 is 17.8 Å². The van der Waals surface area contributed by atoms with Crippen LogP contribution in [-0.4, -0.2) is 31.1 Å². The Kier molecular flexibility index (Phi) is 6.21. The van der Waals surface area contributed by atoms with Gasteiger partial charge in [-0.15, -0.1) is 0 Å². The maximum atomic E-state index is 12.0. The second-order valence-electron chi connectivity index (χ2n) is 5.53. The summed E-state index contributed by atoms with van der Waals surface area (Å²) >= 11 is 0. The Morgan fingerprint density at radius 3 is 2.15 bits per heavy atom. The third-order valence-corrected chi connectivity index (χ3v) is 3.64. The van der Waals surface area contributed by atoms with Gasteiger partial charge in [0.1, 0.15) is 0 Å². The van der Waals surface area contributed by atoms with Crippen molar-refractivity contribution < 1.29 is 19.1 Å². The first-order chi connectivity index (χ1) is 12.4. The van der Waals surface area contributed by atoms with Crippen LogP contribution < -0.4 is 10.7 Å². The minimum atomic E-state index is -0.880. The molecule has 0 saturated carbocycles. The van der Waals surface area contributed by atoms with Gasteiger partial charge in [-0.05, 0) is 42.7 Å². The van der Waals surface area contributed by atoms with E-state index in [0.717, 1.165) is 11.1 Å². The first-order valence-corrected chi connectivity index (χ1v) is 7.81. The van der Waals surface area contributed by atoms with Gasteiger partial charge in [-0.1, -0.05) is 30.3 Å². The van der Waals surface area contributed by atoms with Gasteiger partial charge in [-0.25, -0.2) is 10.2 Å². The molecule has 0 aliphatic heterocycles. The van der Waals surface area contributed by atoms with Crippen molar-refractivity contribution in [1.29, 1.82) is 0 Å². The van der Waals surface area contributed by atoms with Crippen LogP contribution in [0.15, 0.2) is 47.6 Å². The number of carbonyl (C=O) groups is 3. The molecule has 7 heteroatoms. The van der Waals surface area contributed by atoms with Crippen molar-refractivity contribution >= 4 is 29.7 Å². The highest BCUT2D eigenvalue weighted by Gasteiger charge is 2.15. The van der Waals surface area contributed by atoms with Crippen LogP contribution in [0.4, 0.5) is 5.69 Å². The van der Waals surface area contributed by atoms with E-state index in [1.807, 2.05) is 32.0 Å². The number of hydrazone groups is 1. The molecule has 2 amide bonds. The highest BCUT2D eigenvalue weighted by molar-refractivity contribution is 6.39. The summed E-state index contributed by atoms with van der Waals surface area (Å²) in [6.45, 7) is 3.69. The van der Waals surface area contributed by atoms with Crippen LogP contribution in [0.5, 0.6) is 0 Å². The van der Waals surface area contributed by atoms with Crippen LogP contribution in [0.1, 0.15) is 27.0 Å². The number of hydrogen-bond donors (Lipinski definition) is 2. The van der Waals surface area contributed by atoms with Crippen molar-refractivity contribution in [3.63, 3.8) is 0 Å². The number of aryl methyl sites for hydroxylation is 2. The molecule has 0 spiro atoms. The Labute approximate surface area is 151 Å². The van der Waals surface area contributed by atoms with Gasteiger partial charge in [0.15, 0.2) is 0 Å². The Bertz CT molecular complexity index is 837. The Morgan fingerprint density at radius 2 is 1.58 bits per heavy atom. The summed E-state index contributed by atoms with van der Waals surface area (Å²) in [5.74, 6) is -2.12. The smallest absolute Gasteiger partial charge is 0.337 e. The van der Waals surface area contributed by atoms with Crippen LogP contribution in [0.2, 0.25) is 0 Å². The predicted octanol–water partition coefficient (Wildman–Crippen LogP) is 2.18. The number of nitrogens with one attached hydrogen (secondary N) is 2. The molecule has 26 heavy (non-hydrogen) atoms. The molecule has 2 aromatic carbocycles. The van der Waals surface area contributed by atoms with E-state index >= 15 is 0 Å². The fourth-order valence-electron chi connectivity index (χ4n) is 2.22. The normalized spacial score (nSPS) is 10.4. The molecule has 0 heterocycles. The predicted molar refractivity (Wildman–Crippen MR) is 98.1 cm³/mol. The number of hydrogen-bond acceptors (Lipinski definition) is 5. The number of ether oxygens (including phenoxy) is 1. The van der Waals surface area contributed by atoms with Crippen molar-refractivity contribution in [2.75, 3.05) is 12.4 Å². The number of amides is 2. The van der Waals surface area contributed by atoms with Gasteiger partial charge >= 0.3 is 17.8 Å². The van der Waals surface area contributed by atoms with Gasteiger partial charge in [0.25, 0.3) is 0 Å². The number of benzene rings is 2. The monoisotopic (exact) mass is 353 g/mol. The minimum absolute atomic E-state index is 0.404. The largest absolute Gasteiger partial charge is 0.465 e. The number of rotatable bonds is 4. The molecule has 0 aromatic heterocycles. The van der Waals surface area contributed by atoms with Gasteiger partial charge < -0.3 is 10.1 Å². The quantitative estimate of drug-likeness (QED) is 0.381. The van der Waals surface area contributed by atoms with E-state index in [9.17, 15) is 14.4 Å². The van der Waals surface area contributed by atoms with Gasteiger partial charge in [-0.2, -0.15) is 5.10 Å². The van der Waals surface area contributed by atoms with Crippen LogP contribution in [0.25, 0.3) is 0 Å². The third kappa shape index (κ3) is 4.76. The number of methoxy groups -OCH3 is 1. The molecule has 0 aliphatic carbocycles. The molecule has 0 saturated heterocycles. The van der Waals surface area contributed by atoms with Crippen molar-refractivity contribution in [2.45, 2.75) is 13.8 Å². The van der Waals surface area contributed by atoms with Gasteiger partial charge in [0.2, 0.25) is 0 Å². The molecule has 0 atom stereocenters. The molecule has 2 N–H and O–H groups in total. The van der Waals surface area contributed by atoms with Crippen molar-refractivity contribution in [1.82, 2.24) is 5.43 Å². The molecule has 0 aliphatic rings. The fraction of sp³-hybridized carbons (Fsp3) is 0.158. The molecule has 134 valence electrons. The highest BCUT2D eigenvalue weighted by atomic mass is 16.5. The van der Waals surface area contributed by atoms with Crippen molar-refractivity contribution in [3.05, 3.63) is 64.7 Å².